The number of halogens is 1. The first kappa shape index (κ1) is 12.8. The van der Waals surface area contributed by atoms with E-state index in [1.807, 2.05) is 6.07 Å². The van der Waals surface area contributed by atoms with Gasteiger partial charge in [0.25, 0.3) is 0 Å². The molecule has 0 aromatic heterocycles. The van der Waals surface area contributed by atoms with E-state index in [2.05, 4.69) is 15.5 Å². The summed E-state index contributed by atoms with van der Waals surface area (Å²) in [6, 6.07) is 6.70. The smallest absolute Gasteiger partial charge is 0.234 e. The van der Waals surface area contributed by atoms with E-state index < -0.39 is 0 Å². The first-order valence-electron chi connectivity index (χ1n) is 6.13. The molecule has 1 atom stereocenters. The normalized spacial score (nSPS) is 19.0. The Hall–Kier alpha value is -1.62. The lowest BCUT2D eigenvalue weighted by molar-refractivity contribution is -0.120. The van der Waals surface area contributed by atoms with Crippen LogP contribution in [0, 0.1) is 5.82 Å². The molecular formula is C13H18FN3O. The Kier molecular flexibility index (Phi) is 4.15. The van der Waals surface area contributed by atoms with Crippen molar-refractivity contribution in [2.45, 2.75) is 12.5 Å². The molecule has 0 spiro atoms. The summed E-state index contributed by atoms with van der Waals surface area (Å²) >= 11 is 0. The molecule has 0 aliphatic carbocycles. The van der Waals surface area contributed by atoms with Gasteiger partial charge in [-0.15, -0.1) is 0 Å². The zero-order chi connectivity index (χ0) is 13.0. The highest BCUT2D eigenvalue weighted by Gasteiger charge is 2.23. The molecule has 0 radical (unpaired) electrons. The van der Waals surface area contributed by atoms with E-state index in [4.69, 9.17) is 0 Å². The Morgan fingerprint density at radius 1 is 1.56 bits per heavy atom. The van der Waals surface area contributed by atoms with E-state index in [1.54, 1.807) is 13.1 Å². The Morgan fingerprint density at radius 2 is 2.39 bits per heavy atom. The monoisotopic (exact) mass is 251 g/mol. The quantitative estimate of drug-likeness (QED) is 0.829. The summed E-state index contributed by atoms with van der Waals surface area (Å²) < 4.78 is 13.1. The number of nitrogens with one attached hydrogen (secondary N) is 2. The number of nitrogens with zero attached hydrogens (tertiary/aromatic N) is 1. The third-order valence-corrected chi connectivity index (χ3v) is 3.06. The maximum absolute atomic E-state index is 13.1. The number of rotatable bonds is 4. The van der Waals surface area contributed by atoms with E-state index in [-0.39, 0.29) is 17.8 Å². The van der Waals surface area contributed by atoms with Crippen LogP contribution in [0.25, 0.3) is 0 Å². The van der Waals surface area contributed by atoms with Gasteiger partial charge in [0.15, 0.2) is 0 Å². The van der Waals surface area contributed by atoms with E-state index >= 15 is 0 Å². The van der Waals surface area contributed by atoms with Crippen LogP contribution in [-0.2, 0) is 4.79 Å². The number of hydrogen-bond acceptors (Lipinski definition) is 3. The Bertz CT molecular complexity index is 424. The lowest BCUT2D eigenvalue weighted by atomic mass is 10.2. The number of carbonyl (C=O) groups is 1. The molecule has 4 nitrogen and oxygen atoms in total. The van der Waals surface area contributed by atoms with E-state index in [0.717, 1.165) is 25.2 Å². The average molecular weight is 251 g/mol. The summed E-state index contributed by atoms with van der Waals surface area (Å²) in [5, 5.41) is 5.77. The number of likely N-dealkylation sites (N-methyl/N-ethyl adjacent to an activating group) is 1. The molecule has 1 amide bonds. The van der Waals surface area contributed by atoms with Crippen LogP contribution in [0.5, 0.6) is 0 Å². The average Bonchev–Trinajstić information content (AvgIpc) is 2.78. The van der Waals surface area contributed by atoms with Crippen LogP contribution in [0.2, 0.25) is 0 Å². The molecule has 98 valence electrons. The molecule has 1 aliphatic rings. The first-order valence-corrected chi connectivity index (χ1v) is 6.13. The number of anilines is 1. The van der Waals surface area contributed by atoms with Gasteiger partial charge in [-0.1, -0.05) is 6.07 Å². The SMILES string of the molecule is CNCC(=O)NC1CCN(c2cccc(F)c2)C1. The van der Waals surface area contributed by atoms with Crippen LogP contribution in [0.3, 0.4) is 0 Å². The van der Waals surface area contributed by atoms with Crippen molar-refractivity contribution in [3.63, 3.8) is 0 Å². The van der Waals surface area contributed by atoms with Crippen LogP contribution < -0.4 is 15.5 Å². The summed E-state index contributed by atoms with van der Waals surface area (Å²) in [6.45, 7) is 1.91. The lowest BCUT2D eigenvalue weighted by Gasteiger charge is -2.19. The van der Waals surface area contributed by atoms with Crippen molar-refractivity contribution in [1.82, 2.24) is 10.6 Å². The number of carbonyl (C=O) groups excluding carboxylic acids is 1. The number of amides is 1. The predicted octanol–water partition coefficient (Wildman–Crippen LogP) is 0.740. The van der Waals surface area contributed by atoms with Crippen LogP contribution in [0.1, 0.15) is 6.42 Å². The minimum absolute atomic E-state index is 0.00333. The van der Waals surface area contributed by atoms with Crippen molar-refractivity contribution >= 4 is 11.6 Å². The summed E-state index contributed by atoms with van der Waals surface area (Å²) in [7, 11) is 1.74. The van der Waals surface area contributed by atoms with Crippen LogP contribution in [0.15, 0.2) is 24.3 Å². The number of benzene rings is 1. The fourth-order valence-electron chi connectivity index (χ4n) is 2.22. The van der Waals surface area contributed by atoms with Crippen molar-refractivity contribution in [3.05, 3.63) is 30.1 Å². The van der Waals surface area contributed by atoms with Gasteiger partial charge in [-0.25, -0.2) is 4.39 Å². The van der Waals surface area contributed by atoms with Gasteiger partial charge in [-0.3, -0.25) is 4.79 Å². The first-order chi connectivity index (χ1) is 8.69. The van der Waals surface area contributed by atoms with Crippen molar-refractivity contribution in [2.24, 2.45) is 0 Å². The van der Waals surface area contributed by atoms with Crippen LogP contribution >= 0.6 is 0 Å². The molecular weight excluding hydrogens is 233 g/mol. The van der Waals surface area contributed by atoms with Gasteiger partial charge in [0.2, 0.25) is 5.91 Å². The Labute approximate surface area is 106 Å². The number of hydrogen-bond donors (Lipinski definition) is 2. The van der Waals surface area contributed by atoms with Gasteiger partial charge < -0.3 is 15.5 Å². The Balaban J connectivity index is 1.90. The fraction of sp³-hybridized carbons (Fsp3) is 0.462. The van der Waals surface area contributed by atoms with Gasteiger partial charge in [0.1, 0.15) is 5.82 Å². The Morgan fingerprint density at radius 3 is 3.11 bits per heavy atom. The molecule has 18 heavy (non-hydrogen) atoms. The summed E-state index contributed by atoms with van der Waals surface area (Å²) in [5.41, 5.74) is 0.875. The maximum Gasteiger partial charge on any atom is 0.234 e. The van der Waals surface area contributed by atoms with Crippen molar-refractivity contribution in [1.29, 1.82) is 0 Å². The standard InChI is InChI=1S/C13H18FN3O/c1-15-8-13(18)16-11-5-6-17(9-11)12-4-2-3-10(14)7-12/h2-4,7,11,15H,5-6,8-9H2,1H3,(H,16,18). The van der Waals surface area contributed by atoms with E-state index in [1.165, 1.54) is 12.1 Å². The van der Waals surface area contributed by atoms with Crippen molar-refractivity contribution in [3.8, 4) is 0 Å². The highest BCUT2D eigenvalue weighted by Crippen LogP contribution is 2.20. The molecule has 1 fully saturated rings. The lowest BCUT2D eigenvalue weighted by Crippen LogP contribution is -2.41. The molecule has 1 aromatic rings. The predicted molar refractivity (Wildman–Crippen MR) is 69.1 cm³/mol. The zero-order valence-electron chi connectivity index (χ0n) is 10.4. The second kappa shape index (κ2) is 5.82. The molecule has 1 heterocycles. The zero-order valence-corrected chi connectivity index (χ0v) is 10.4. The molecule has 5 heteroatoms. The third-order valence-electron chi connectivity index (χ3n) is 3.06. The van der Waals surface area contributed by atoms with Gasteiger partial charge in [0.05, 0.1) is 6.54 Å². The van der Waals surface area contributed by atoms with Gasteiger partial charge in [0, 0.05) is 24.8 Å². The summed E-state index contributed by atoms with van der Waals surface area (Å²) in [6.07, 6.45) is 0.895. The molecule has 0 saturated carbocycles. The van der Waals surface area contributed by atoms with Crippen LogP contribution in [-0.4, -0.2) is 38.6 Å². The molecule has 1 unspecified atom stereocenters. The topological polar surface area (TPSA) is 44.4 Å². The minimum atomic E-state index is -0.227. The molecule has 0 bridgehead atoms. The third kappa shape index (κ3) is 3.20. The van der Waals surface area contributed by atoms with Gasteiger partial charge in [-0.2, -0.15) is 0 Å². The van der Waals surface area contributed by atoms with Crippen LogP contribution in [0.4, 0.5) is 10.1 Å². The summed E-state index contributed by atoms with van der Waals surface area (Å²) in [5.74, 6) is -0.223. The fourth-order valence-corrected chi connectivity index (χ4v) is 2.22. The maximum atomic E-state index is 13.1. The minimum Gasteiger partial charge on any atom is -0.369 e. The molecule has 1 aliphatic heterocycles. The van der Waals surface area contributed by atoms with Crippen molar-refractivity contribution in [2.75, 3.05) is 31.6 Å². The van der Waals surface area contributed by atoms with E-state index in [0.29, 0.717) is 6.54 Å². The van der Waals surface area contributed by atoms with Crippen molar-refractivity contribution < 1.29 is 9.18 Å². The second-order valence-corrected chi connectivity index (χ2v) is 4.51. The molecule has 2 N–H and O–H groups in total. The largest absolute Gasteiger partial charge is 0.369 e. The summed E-state index contributed by atoms with van der Waals surface area (Å²) in [4.78, 5) is 13.5. The van der Waals surface area contributed by atoms with E-state index in [9.17, 15) is 9.18 Å². The highest BCUT2D eigenvalue weighted by atomic mass is 19.1. The molecule has 1 aromatic carbocycles. The molecule has 2 rings (SSSR count). The second-order valence-electron chi connectivity index (χ2n) is 4.51. The van der Waals surface area contributed by atoms with Gasteiger partial charge in [-0.05, 0) is 31.7 Å². The van der Waals surface area contributed by atoms with Gasteiger partial charge >= 0.3 is 0 Å². The molecule has 1 saturated heterocycles. The highest BCUT2D eigenvalue weighted by molar-refractivity contribution is 5.78.